The summed E-state index contributed by atoms with van der Waals surface area (Å²) in [6, 6.07) is 18.1. The van der Waals surface area contributed by atoms with E-state index in [1.54, 1.807) is 34.4 Å². The van der Waals surface area contributed by atoms with Gasteiger partial charge in [-0.2, -0.15) is 0 Å². The Morgan fingerprint density at radius 2 is 1.97 bits per heavy atom. The molecule has 0 radical (unpaired) electrons. The molecule has 160 valence electrons. The molecule has 2 aromatic heterocycles. The van der Waals surface area contributed by atoms with E-state index in [2.05, 4.69) is 35.9 Å². The van der Waals surface area contributed by atoms with Crippen LogP contribution in [0.5, 0.6) is 5.75 Å². The number of carbonyl (C=O) groups is 1. The molecule has 4 aromatic rings. The molecule has 0 aliphatic rings. The molecule has 0 spiro atoms. The lowest BCUT2D eigenvalue weighted by molar-refractivity contribution is -0.118. The zero-order valence-electron chi connectivity index (χ0n) is 17.5. The molecule has 4 nitrogen and oxygen atoms in total. The molecule has 0 atom stereocenters. The Kier molecular flexibility index (Phi) is 7.27. The molecule has 1 amide bonds. The Bertz CT molecular complexity index is 1140. The van der Waals surface area contributed by atoms with E-state index in [0.29, 0.717) is 19.6 Å². The van der Waals surface area contributed by atoms with Crippen molar-refractivity contribution in [2.45, 2.75) is 24.7 Å². The normalized spacial score (nSPS) is 11.0. The van der Waals surface area contributed by atoms with E-state index in [-0.39, 0.29) is 5.91 Å². The lowest BCUT2D eigenvalue weighted by atomic mass is 10.1. The lowest BCUT2D eigenvalue weighted by Gasteiger charge is -2.20. The summed E-state index contributed by atoms with van der Waals surface area (Å²) in [7, 11) is 0. The van der Waals surface area contributed by atoms with Gasteiger partial charge in [0.2, 0.25) is 5.91 Å². The highest BCUT2D eigenvalue weighted by atomic mass is 32.2. The Morgan fingerprint density at radius 1 is 1.13 bits per heavy atom. The number of amides is 1. The minimum absolute atomic E-state index is 0.0606. The van der Waals surface area contributed by atoms with Crippen LogP contribution in [0.4, 0.5) is 5.13 Å². The van der Waals surface area contributed by atoms with E-state index in [1.807, 2.05) is 42.2 Å². The number of para-hydroxylation sites is 1. The fraction of sp³-hybridized carbons (Fsp3) is 0.250. The number of ether oxygens (including phenoxy) is 1. The van der Waals surface area contributed by atoms with Crippen LogP contribution in [0, 0.1) is 0 Å². The summed E-state index contributed by atoms with van der Waals surface area (Å²) in [5, 5.41) is 2.84. The predicted molar refractivity (Wildman–Crippen MR) is 133 cm³/mol. The topological polar surface area (TPSA) is 42.4 Å². The monoisotopic (exact) mass is 468 g/mol. The van der Waals surface area contributed by atoms with Crippen LogP contribution in [0.15, 0.2) is 64.9 Å². The van der Waals surface area contributed by atoms with E-state index in [4.69, 9.17) is 9.72 Å². The third-order valence-electron chi connectivity index (χ3n) is 4.87. The van der Waals surface area contributed by atoms with Crippen molar-refractivity contribution in [3.63, 3.8) is 0 Å². The van der Waals surface area contributed by atoms with E-state index >= 15 is 0 Å². The number of hydrogen-bond donors (Lipinski definition) is 0. The first-order chi connectivity index (χ1) is 15.2. The van der Waals surface area contributed by atoms with Gasteiger partial charge in [-0.1, -0.05) is 35.6 Å². The van der Waals surface area contributed by atoms with E-state index in [0.717, 1.165) is 38.0 Å². The molecule has 4 rings (SSSR count). The van der Waals surface area contributed by atoms with Crippen molar-refractivity contribution in [1.82, 2.24) is 4.98 Å². The Balaban J connectivity index is 1.59. The van der Waals surface area contributed by atoms with Gasteiger partial charge in [0.15, 0.2) is 5.13 Å². The SMILES string of the molecule is CCOc1ccc(CC(=O)N(CCc2cccs2)c2nc3c(SC)cccc3s2)cc1. The van der Waals surface area contributed by atoms with Gasteiger partial charge in [-0.15, -0.1) is 23.1 Å². The van der Waals surface area contributed by atoms with E-state index in [9.17, 15) is 4.79 Å². The van der Waals surface area contributed by atoms with Gasteiger partial charge in [-0.25, -0.2) is 4.98 Å². The number of fused-ring (bicyclic) bond motifs is 1. The maximum atomic E-state index is 13.4. The van der Waals surface area contributed by atoms with Crippen LogP contribution in [0.1, 0.15) is 17.4 Å². The number of benzene rings is 2. The van der Waals surface area contributed by atoms with Gasteiger partial charge in [-0.05, 0) is 60.9 Å². The van der Waals surface area contributed by atoms with Crippen molar-refractivity contribution in [3.05, 3.63) is 70.4 Å². The van der Waals surface area contributed by atoms with Gasteiger partial charge < -0.3 is 4.74 Å². The van der Waals surface area contributed by atoms with E-state index < -0.39 is 0 Å². The molecule has 2 heterocycles. The van der Waals surface area contributed by atoms with Crippen LogP contribution in [0.25, 0.3) is 10.2 Å². The van der Waals surface area contributed by atoms with Gasteiger partial charge >= 0.3 is 0 Å². The summed E-state index contributed by atoms with van der Waals surface area (Å²) in [5.41, 5.74) is 1.95. The number of carbonyl (C=O) groups excluding carboxylic acids is 1. The number of thiazole rings is 1. The number of thioether (sulfide) groups is 1. The summed E-state index contributed by atoms with van der Waals surface area (Å²) in [6.07, 6.45) is 3.21. The minimum atomic E-state index is 0.0606. The average Bonchev–Trinajstić information content (AvgIpc) is 3.45. The summed E-state index contributed by atoms with van der Waals surface area (Å²) >= 11 is 4.99. The largest absolute Gasteiger partial charge is 0.494 e. The van der Waals surface area contributed by atoms with Crippen LogP contribution in [0.2, 0.25) is 0 Å². The summed E-state index contributed by atoms with van der Waals surface area (Å²) in [6.45, 7) is 3.21. The van der Waals surface area contributed by atoms with Crippen LogP contribution < -0.4 is 9.64 Å². The van der Waals surface area contributed by atoms with Crippen LogP contribution in [0.3, 0.4) is 0 Å². The molecule has 0 unspecified atom stereocenters. The third-order valence-corrected chi connectivity index (χ3v) is 7.62. The van der Waals surface area contributed by atoms with Gasteiger partial charge in [0.1, 0.15) is 5.75 Å². The highest BCUT2D eigenvalue weighted by Crippen LogP contribution is 2.34. The average molecular weight is 469 g/mol. The molecular formula is C24H24N2O2S3. The molecule has 0 bridgehead atoms. The number of aromatic nitrogens is 1. The standard InChI is InChI=1S/C24H24N2O2S3/c1-3-28-18-11-9-17(10-12-18)16-22(27)26(14-13-19-6-5-15-30-19)24-25-23-20(29-2)7-4-8-21(23)31-24/h4-12,15H,3,13-14,16H2,1-2H3. The number of hydrogen-bond acceptors (Lipinski definition) is 6. The number of nitrogens with zero attached hydrogens (tertiary/aromatic N) is 2. The van der Waals surface area contributed by atoms with Crippen LogP contribution in [-0.2, 0) is 17.6 Å². The molecule has 31 heavy (non-hydrogen) atoms. The van der Waals surface area contributed by atoms with Crippen molar-refractivity contribution in [2.75, 3.05) is 24.3 Å². The second-order valence-corrected chi connectivity index (χ2v) is 9.82. The summed E-state index contributed by atoms with van der Waals surface area (Å²) < 4.78 is 6.62. The zero-order valence-corrected chi connectivity index (χ0v) is 20.0. The molecule has 0 saturated carbocycles. The molecule has 0 aliphatic carbocycles. The van der Waals surface area contributed by atoms with Crippen molar-refractivity contribution >= 4 is 55.7 Å². The lowest BCUT2D eigenvalue weighted by Crippen LogP contribution is -2.34. The highest BCUT2D eigenvalue weighted by Gasteiger charge is 2.21. The number of anilines is 1. The van der Waals surface area contributed by atoms with Crippen molar-refractivity contribution in [3.8, 4) is 5.75 Å². The maximum absolute atomic E-state index is 13.4. The number of rotatable bonds is 9. The molecule has 0 saturated heterocycles. The van der Waals surface area contributed by atoms with E-state index in [1.165, 1.54) is 4.88 Å². The number of thiophene rings is 1. The van der Waals surface area contributed by atoms with Crippen LogP contribution >= 0.6 is 34.4 Å². The molecule has 7 heteroatoms. The predicted octanol–water partition coefficient (Wildman–Crippen LogP) is 6.30. The smallest absolute Gasteiger partial charge is 0.233 e. The van der Waals surface area contributed by atoms with Gasteiger partial charge in [0.25, 0.3) is 0 Å². The summed E-state index contributed by atoms with van der Waals surface area (Å²) in [5.74, 6) is 0.884. The maximum Gasteiger partial charge on any atom is 0.233 e. The molecule has 0 N–H and O–H groups in total. The highest BCUT2D eigenvalue weighted by molar-refractivity contribution is 7.98. The second-order valence-electron chi connectivity index (χ2n) is 6.93. The Hall–Kier alpha value is -2.35. The zero-order chi connectivity index (χ0) is 21.6. The fourth-order valence-electron chi connectivity index (χ4n) is 3.34. The molecular weight excluding hydrogens is 444 g/mol. The van der Waals surface area contributed by atoms with Gasteiger partial charge in [0.05, 0.1) is 23.2 Å². The quantitative estimate of drug-likeness (QED) is 0.271. The minimum Gasteiger partial charge on any atom is -0.494 e. The Labute approximate surface area is 194 Å². The van der Waals surface area contributed by atoms with Crippen LogP contribution in [-0.4, -0.2) is 30.3 Å². The molecule has 2 aromatic carbocycles. The third kappa shape index (κ3) is 5.29. The first kappa shape index (κ1) is 21.9. The first-order valence-electron chi connectivity index (χ1n) is 10.2. The second kappa shape index (κ2) is 10.3. The molecule has 0 fully saturated rings. The molecule has 0 aliphatic heterocycles. The van der Waals surface area contributed by atoms with Crippen molar-refractivity contribution < 1.29 is 9.53 Å². The van der Waals surface area contributed by atoms with Gasteiger partial charge in [0, 0.05) is 16.3 Å². The fourth-order valence-corrected chi connectivity index (χ4v) is 5.70. The van der Waals surface area contributed by atoms with Crippen molar-refractivity contribution in [2.24, 2.45) is 0 Å². The summed E-state index contributed by atoms with van der Waals surface area (Å²) in [4.78, 5) is 22.5. The van der Waals surface area contributed by atoms with Crippen molar-refractivity contribution in [1.29, 1.82) is 0 Å². The first-order valence-corrected chi connectivity index (χ1v) is 13.1. The van der Waals surface area contributed by atoms with Gasteiger partial charge in [-0.3, -0.25) is 9.69 Å². The Morgan fingerprint density at radius 3 is 2.68 bits per heavy atom.